The fourth-order valence-electron chi connectivity index (χ4n) is 0.912. The summed E-state index contributed by atoms with van der Waals surface area (Å²) in [6, 6.07) is 0. The molecule has 0 bridgehead atoms. The lowest BCUT2D eigenvalue weighted by Gasteiger charge is -2.27. The number of alkyl halides is 2. The topological polar surface area (TPSA) is 9.23 Å². The third-order valence-electron chi connectivity index (χ3n) is 1.57. The summed E-state index contributed by atoms with van der Waals surface area (Å²) in [6.45, 7) is 2.50. The number of halogens is 2. The normalized spacial score (nSPS) is 45.0. The number of hydrogen-bond donors (Lipinski definition) is 0. The second-order valence-corrected chi connectivity index (χ2v) is 3.92. The standard InChI is InChI=1S/C6H10FIO/c1-4-6(7)5(8)2-3-9-4/h4-6H,2-3H2,1H3. The summed E-state index contributed by atoms with van der Waals surface area (Å²) in [5.74, 6) is 0. The van der Waals surface area contributed by atoms with Crippen LogP contribution in [0.3, 0.4) is 0 Å². The van der Waals surface area contributed by atoms with E-state index in [-0.39, 0.29) is 10.0 Å². The van der Waals surface area contributed by atoms with Crippen molar-refractivity contribution in [2.45, 2.75) is 29.5 Å². The average molecular weight is 244 g/mol. The van der Waals surface area contributed by atoms with Gasteiger partial charge >= 0.3 is 0 Å². The van der Waals surface area contributed by atoms with E-state index in [0.717, 1.165) is 13.0 Å². The van der Waals surface area contributed by atoms with E-state index in [1.54, 1.807) is 6.92 Å². The molecule has 0 aromatic rings. The lowest BCUT2D eigenvalue weighted by molar-refractivity contribution is -0.0215. The first-order valence-corrected chi connectivity index (χ1v) is 4.36. The van der Waals surface area contributed by atoms with Gasteiger partial charge in [0.05, 0.1) is 6.10 Å². The largest absolute Gasteiger partial charge is 0.375 e. The predicted octanol–water partition coefficient (Wildman–Crippen LogP) is 1.94. The molecular weight excluding hydrogens is 234 g/mol. The van der Waals surface area contributed by atoms with Gasteiger partial charge in [0.25, 0.3) is 0 Å². The van der Waals surface area contributed by atoms with Crippen molar-refractivity contribution in [2.24, 2.45) is 0 Å². The number of rotatable bonds is 0. The van der Waals surface area contributed by atoms with Gasteiger partial charge in [0, 0.05) is 10.5 Å². The molecule has 1 nitrogen and oxygen atoms in total. The van der Waals surface area contributed by atoms with Crippen LogP contribution in [0.5, 0.6) is 0 Å². The molecule has 0 amide bonds. The molecule has 3 atom stereocenters. The zero-order valence-corrected chi connectivity index (χ0v) is 7.47. The van der Waals surface area contributed by atoms with Gasteiger partial charge in [-0.25, -0.2) is 4.39 Å². The van der Waals surface area contributed by atoms with E-state index in [1.165, 1.54) is 0 Å². The minimum absolute atomic E-state index is 0.159. The van der Waals surface area contributed by atoms with Gasteiger partial charge in [-0.1, -0.05) is 22.6 Å². The Morgan fingerprint density at radius 1 is 1.67 bits per heavy atom. The fraction of sp³-hybridized carbons (Fsp3) is 1.00. The summed E-state index contributed by atoms with van der Waals surface area (Å²) in [6.07, 6.45) is -0.105. The van der Waals surface area contributed by atoms with Gasteiger partial charge in [0.1, 0.15) is 6.17 Å². The van der Waals surface area contributed by atoms with Crippen LogP contribution in [0.4, 0.5) is 4.39 Å². The van der Waals surface area contributed by atoms with Gasteiger partial charge in [0.15, 0.2) is 0 Å². The summed E-state index contributed by atoms with van der Waals surface area (Å²) in [7, 11) is 0. The lowest BCUT2D eigenvalue weighted by atomic mass is 10.1. The van der Waals surface area contributed by atoms with Gasteiger partial charge in [-0.2, -0.15) is 0 Å². The maximum Gasteiger partial charge on any atom is 0.138 e. The molecule has 1 rings (SSSR count). The third-order valence-corrected chi connectivity index (χ3v) is 2.88. The molecule has 0 N–H and O–H groups in total. The molecule has 1 aliphatic rings. The zero-order valence-electron chi connectivity index (χ0n) is 5.31. The van der Waals surface area contributed by atoms with Crippen molar-refractivity contribution in [3.8, 4) is 0 Å². The van der Waals surface area contributed by atoms with E-state index in [4.69, 9.17) is 4.74 Å². The highest BCUT2D eigenvalue weighted by molar-refractivity contribution is 14.1. The van der Waals surface area contributed by atoms with E-state index >= 15 is 0 Å². The van der Waals surface area contributed by atoms with Crippen molar-refractivity contribution in [1.29, 1.82) is 0 Å². The van der Waals surface area contributed by atoms with Crippen LogP contribution in [0.1, 0.15) is 13.3 Å². The molecule has 0 aromatic carbocycles. The molecule has 1 fully saturated rings. The monoisotopic (exact) mass is 244 g/mol. The molecule has 0 saturated carbocycles. The SMILES string of the molecule is CC1OCCC(I)C1F. The highest BCUT2D eigenvalue weighted by atomic mass is 127. The Bertz CT molecular complexity index is 89.1. The molecule has 1 saturated heterocycles. The van der Waals surface area contributed by atoms with Crippen LogP contribution in [0.2, 0.25) is 0 Å². The Hall–Kier alpha value is 0.620. The molecule has 3 unspecified atom stereocenters. The number of hydrogen-bond acceptors (Lipinski definition) is 1. The Morgan fingerprint density at radius 3 is 2.78 bits per heavy atom. The Labute approximate surface area is 68.1 Å². The van der Waals surface area contributed by atoms with E-state index < -0.39 is 6.17 Å². The van der Waals surface area contributed by atoms with Gasteiger partial charge in [0.2, 0.25) is 0 Å². The first-order valence-electron chi connectivity index (χ1n) is 3.11. The molecule has 1 heterocycles. The van der Waals surface area contributed by atoms with Crippen molar-refractivity contribution in [3.05, 3.63) is 0 Å². The van der Waals surface area contributed by atoms with E-state index in [2.05, 4.69) is 22.6 Å². The van der Waals surface area contributed by atoms with Crippen LogP contribution < -0.4 is 0 Å². The highest BCUT2D eigenvalue weighted by Gasteiger charge is 2.28. The van der Waals surface area contributed by atoms with Crippen LogP contribution >= 0.6 is 22.6 Å². The summed E-state index contributed by atoms with van der Waals surface area (Å²) in [4.78, 5) is 0. The van der Waals surface area contributed by atoms with E-state index in [0.29, 0.717) is 0 Å². The molecule has 0 aromatic heterocycles. The van der Waals surface area contributed by atoms with Crippen molar-refractivity contribution in [3.63, 3.8) is 0 Å². The molecule has 54 valence electrons. The molecule has 0 aliphatic carbocycles. The minimum Gasteiger partial charge on any atom is -0.375 e. The Balaban J connectivity index is 2.41. The smallest absolute Gasteiger partial charge is 0.138 e. The molecule has 1 aliphatic heterocycles. The van der Waals surface area contributed by atoms with Crippen molar-refractivity contribution in [1.82, 2.24) is 0 Å². The molecule has 0 spiro atoms. The van der Waals surface area contributed by atoms with Gasteiger partial charge in [-0.15, -0.1) is 0 Å². The summed E-state index contributed by atoms with van der Waals surface area (Å²) >= 11 is 2.14. The van der Waals surface area contributed by atoms with E-state index in [9.17, 15) is 4.39 Å². The van der Waals surface area contributed by atoms with Crippen molar-refractivity contribution < 1.29 is 9.13 Å². The summed E-state index contributed by atoms with van der Waals surface area (Å²) in [5, 5.41) is 0. The number of ether oxygens (including phenoxy) is 1. The second-order valence-electron chi connectivity index (χ2n) is 2.33. The minimum atomic E-state index is -0.764. The fourth-order valence-corrected chi connectivity index (χ4v) is 1.75. The molecule has 0 radical (unpaired) electrons. The van der Waals surface area contributed by atoms with Gasteiger partial charge in [-0.05, 0) is 13.3 Å². The zero-order chi connectivity index (χ0) is 6.85. The summed E-state index contributed by atoms with van der Waals surface area (Å²) in [5.41, 5.74) is 0. The van der Waals surface area contributed by atoms with Gasteiger partial charge < -0.3 is 4.74 Å². The van der Waals surface area contributed by atoms with Crippen molar-refractivity contribution >= 4 is 22.6 Å². The van der Waals surface area contributed by atoms with Crippen LogP contribution in [0, 0.1) is 0 Å². The average Bonchev–Trinajstić information content (AvgIpc) is 1.83. The quantitative estimate of drug-likeness (QED) is 0.467. The highest BCUT2D eigenvalue weighted by Crippen LogP contribution is 2.23. The molecule has 3 heteroatoms. The van der Waals surface area contributed by atoms with Crippen LogP contribution in [-0.4, -0.2) is 22.8 Å². The van der Waals surface area contributed by atoms with Gasteiger partial charge in [-0.3, -0.25) is 0 Å². The first-order chi connectivity index (χ1) is 4.22. The Morgan fingerprint density at radius 2 is 2.33 bits per heavy atom. The third kappa shape index (κ3) is 1.77. The van der Waals surface area contributed by atoms with Crippen molar-refractivity contribution in [2.75, 3.05) is 6.61 Å². The maximum absolute atomic E-state index is 12.8. The maximum atomic E-state index is 12.8. The first kappa shape index (κ1) is 7.72. The molecule has 9 heavy (non-hydrogen) atoms. The van der Waals surface area contributed by atoms with Crippen LogP contribution in [0.15, 0.2) is 0 Å². The predicted molar refractivity (Wildman–Crippen MR) is 42.7 cm³/mol. The second kappa shape index (κ2) is 3.14. The Kier molecular flexibility index (Phi) is 2.70. The van der Waals surface area contributed by atoms with Crippen LogP contribution in [-0.2, 0) is 4.74 Å². The molecular formula is C6H10FIO. The van der Waals surface area contributed by atoms with Crippen LogP contribution in [0.25, 0.3) is 0 Å². The lowest BCUT2D eigenvalue weighted by Crippen LogP contribution is -2.36. The van der Waals surface area contributed by atoms with E-state index in [1.807, 2.05) is 0 Å². The summed E-state index contributed by atoms with van der Waals surface area (Å²) < 4.78 is 18.1.